The zero-order valence-electron chi connectivity index (χ0n) is 17.4. The number of nitrogens with zero attached hydrogens (tertiary/aromatic N) is 3. The van der Waals surface area contributed by atoms with Crippen molar-refractivity contribution in [2.24, 2.45) is 0 Å². The molecule has 0 aromatic heterocycles. The summed E-state index contributed by atoms with van der Waals surface area (Å²) in [6, 6.07) is 16.9. The molecule has 2 aliphatic rings. The SMILES string of the molecule is N#CCc1ccc(NC(=O)CN2C[C@H](C(=O)N3CCCCC3)Oc3ccccc32)cc1. The van der Waals surface area contributed by atoms with Crippen LogP contribution in [0.2, 0.25) is 0 Å². The number of rotatable bonds is 5. The van der Waals surface area contributed by atoms with Gasteiger partial charge in [-0.25, -0.2) is 0 Å². The average Bonchev–Trinajstić information content (AvgIpc) is 2.80. The van der Waals surface area contributed by atoms with Crippen molar-refractivity contribution in [2.45, 2.75) is 31.8 Å². The van der Waals surface area contributed by atoms with E-state index in [-0.39, 0.29) is 18.4 Å². The van der Waals surface area contributed by atoms with Crippen LogP contribution >= 0.6 is 0 Å². The van der Waals surface area contributed by atoms with Gasteiger partial charge in [0.2, 0.25) is 5.91 Å². The normalized spacial score (nSPS) is 17.8. The molecule has 31 heavy (non-hydrogen) atoms. The molecule has 2 aliphatic heterocycles. The molecule has 160 valence electrons. The van der Waals surface area contributed by atoms with Crippen LogP contribution < -0.4 is 15.0 Å². The Hall–Kier alpha value is -3.53. The van der Waals surface area contributed by atoms with Gasteiger partial charge < -0.3 is 19.9 Å². The smallest absolute Gasteiger partial charge is 0.265 e. The Balaban J connectivity index is 1.45. The third kappa shape index (κ3) is 4.97. The van der Waals surface area contributed by atoms with Gasteiger partial charge in [-0.2, -0.15) is 5.26 Å². The summed E-state index contributed by atoms with van der Waals surface area (Å²) in [5.74, 6) is 0.444. The Morgan fingerprint density at radius 1 is 1.06 bits per heavy atom. The Morgan fingerprint density at radius 2 is 1.81 bits per heavy atom. The average molecular weight is 418 g/mol. The van der Waals surface area contributed by atoms with Gasteiger partial charge in [-0.05, 0) is 49.1 Å². The van der Waals surface area contributed by atoms with E-state index in [9.17, 15) is 9.59 Å². The second-order valence-corrected chi connectivity index (χ2v) is 7.92. The lowest BCUT2D eigenvalue weighted by Crippen LogP contribution is -2.52. The number of nitrogens with one attached hydrogen (secondary N) is 1. The van der Waals surface area contributed by atoms with E-state index >= 15 is 0 Å². The van der Waals surface area contributed by atoms with E-state index < -0.39 is 6.10 Å². The van der Waals surface area contributed by atoms with Crippen molar-refractivity contribution >= 4 is 23.2 Å². The highest BCUT2D eigenvalue weighted by Gasteiger charge is 2.34. The largest absolute Gasteiger partial charge is 0.477 e. The number of piperidine rings is 1. The fourth-order valence-corrected chi connectivity index (χ4v) is 4.07. The monoisotopic (exact) mass is 418 g/mol. The minimum Gasteiger partial charge on any atom is -0.477 e. The van der Waals surface area contributed by atoms with Gasteiger partial charge in [0, 0.05) is 18.8 Å². The molecule has 0 spiro atoms. The van der Waals surface area contributed by atoms with Gasteiger partial charge in [-0.15, -0.1) is 0 Å². The van der Waals surface area contributed by atoms with Gasteiger partial charge in [0.15, 0.2) is 6.10 Å². The predicted octanol–water partition coefficient (Wildman–Crippen LogP) is 2.97. The molecule has 2 aromatic carbocycles. The Kier molecular flexibility index (Phi) is 6.37. The molecular weight excluding hydrogens is 392 g/mol. The highest BCUT2D eigenvalue weighted by molar-refractivity contribution is 5.95. The summed E-state index contributed by atoms with van der Waals surface area (Å²) in [6.07, 6.45) is 2.92. The maximum absolute atomic E-state index is 13.0. The van der Waals surface area contributed by atoms with E-state index in [1.54, 1.807) is 12.1 Å². The maximum Gasteiger partial charge on any atom is 0.265 e. The molecule has 1 N–H and O–H groups in total. The van der Waals surface area contributed by atoms with Crippen LogP contribution in [-0.2, 0) is 16.0 Å². The Bertz CT molecular complexity index is 977. The minimum absolute atomic E-state index is 0.00677. The number of hydrogen-bond donors (Lipinski definition) is 1. The fraction of sp³-hybridized carbons (Fsp3) is 0.375. The number of amides is 2. The van der Waals surface area contributed by atoms with Crippen molar-refractivity contribution < 1.29 is 14.3 Å². The second-order valence-electron chi connectivity index (χ2n) is 7.92. The van der Waals surface area contributed by atoms with E-state index in [1.807, 2.05) is 46.2 Å². The van der Waals surface area contributed by atoms with Crippen LogP contribution in [0.25, 0.3) is 0 Å². The molecule has 1 fully saturated rings. The molecule has 2 aromatic rings. The number of para-hydroxylation sites is 2. The van der Waals surface area contributed by atoms with Crippen molar-refractivity contribution in [1.29, 1.82) is 5.26 Å². The van der Waals surface area contributed by atoms with Crippen LogP contribution in [0, 0.1) is 11.3 Å². The molecule has 2 amide bonds. The lowest BCUT2D eigenvalue weighted by Gasteiger charge is -2.38. The van der Waals surface area contributed by atoms with E-state index in [0.717, 1.165) is 43.6 Å². The number of likely N-dealkylation sites (tertiary alicyclic amines) is 1. The number of anilines is 2. The molecule has 0 bridgehead atoms. The topological polar surface area (TPSA) is 85.7 Å². The highest BCUT2D eigenvalue weighted by Crippen LogP contribution is 2.33. The molecule has 0 unspecified atom stereocenters. The van der Waals surface area contributed by atoms with Crippen molar-refractivity contribution in [3.8, 4) is 11.8 Å². The van der Waals surface area contributed by atoms with Gasteiger partial charge in [0.05, 0.1) is 31.3 Å². The molecule has 7 heteroatoms. The zero-order valence-corrected chi connectivity index (χ0v) is 17.4. The van der Waals surface area contributed by atoms with E-state index in [0.29, 0.717) is 24.4 Å². The molecule has 2 heterocycles. The molecule has 1 atom stereocenters. The molecular formula is C24H26N4O3. The minimum atomic E-state index is -0.619. The zero-order chi connectivity index (χ0) is 21.6. The number of nitriles is 1. The fourth-order valence-electron chi connectivity index (χ4n) is 4.07. The summed E-state index contributed by atoms with van der Waals surface area (Å²) < 4.78 is 6.02. The molecule has 1 saturated heterocycles. The molecule has 7 nitrogen and oxygen atoms in total. The van der Waals surface area contributed by atoms with Crippen LogP contribution in [0.3, 0.4) is 0 Å². The number of fused-ring (bicyclic) bond motifs is 1. The quantitative estimate of drug-likeness (QED) is 0.807. The number of carbonyl (C=O) groups is 2. The highest BCUT2D eigenvalue weighted by atomic mass is 16.5. The third-order valence-electron chi connectivity index (χ3n) is 5.66. The van der Waals surface area contributed by atoms with Gasteiger partial charge in [0.1, 0.15) is 5.75 Å². The summed E-state index contributed by atoms with van der Waals surface area (Å²) in [5.41, 5.74) is 2.39. The number of hydrogen-bond acceptors (Lipinski definition) is 5. The lowest BCUT2D eigenvalue weighted by atomic mass is 10.1. The van der Waals surface area contributed by atoms with Crippen LogP contribution in [0.4, 0.5) is 11.4 Å². The van der Waals surface area contributed by atoms with Crippen LogP contribution in [-0.4, -0.2) is 49.0 Å². The molecule has 4 rings (SSSR count). The summed E-state index contributed by atoms with van der Waals surface area (Å²) in [7, 11) is 0. The summed E-state index contributed by atoms with van der Waals surface area (Å²) in [4.78, 5) is 29.5. The number of benzene rings is 2. The van der Waals surface area contributed by atoms with Crippen LogP contribution in [0.1, 0.15) is 24.8 Å². The molecule has 0 saturated carbocycles. The first-order valence-corrected chi connectivity index (χ1v) is 10.7. The van der Waals surface area contributed by atoms with E-state index in [4.69, 9.17) is 10.00 Å². The van der Waals surface area contributed by atoms with Gasteiger partial charge >= 0.3 is 0 Å². The van der Waals surface area contributed by atoms with Crippen LogP contribution in [0.5, 0.6) is 5.75 Å². The predicted molar refractivity (Wildman–Crippen MR) is 118 cm³/mol. The summed E-state index contributed by atoms with van der Waals surface area (Å²) in [6.45, 7) is 1.98. The third-order valence-corrected chi connectivity index (χ3v) is 5.66. The van der Waals surface area contributed by atoms with Crippen LogP contribution in [0.15, 0.2) is 48.5 Å². The lowest BCUT2D eigenvalue weighted by molar-refractivity contribution is -0.139. The molecule has 0 radical (unpaired) electrons. The number of carbonyl (C=O) groups excluding carboxylic acids is 2. The van der Waals surface area contributed by atoms with E-state index in [2.05, 4.69) is 11.4 Å². The standard InChI is InChI=1S/C24H26N4O3/c25-13-12-18-8-10-19(11-9-18)26-23(29)17-28-16-22(24(30)27-14-4-1-5-15-27)31-21-7-3-2-6-20(21)28/h2-3,6-11,22H,1,4-5,12,14-17H2,(H,26,29)/t22-/m1/s1. The number of ether oxygens (including phenoxy) is 1. The van der Waals surface area contributed by atoms with Crippen molar-refractivity contribution in [2.75, 3.05) is 36.4 Å². The molecule has 0 aliphatic carbocycles. The summed E-state index contributed by atoms with van der Waals surface area (Å²) in [5, 5.41) is 11.7. The van der Waals surface area contributed by atoms with Gasteiger partial charge in [-0.1, -0.05) is 24.3 Å². The van der Waals surface area contributed by atoms with Crippen molar-refractivity contribution in [3.05, 3.63) is 54.1 Å². The maximum atomic E-state index is 13.0. The van der Waals surface area contributed by atoms with E-state index in [1.165, 1.54) is 0 Å². The Morgan fingerprint density at radius 3 is 2.55 bits per heavy atom. The van der Waals surface area contributed by atoms with Gasteiger partial charge in [-0.3, -0.25) is 9.59 Å². The first kappa shape index (κ1) is 20.7. The first-order chi connectivity index (χ1) is 15.1. The first-order valence-electron chi connectivity index (χ1n) is 10.7. The van der Waals surface area contributed by atoms with Crippen molar-refractivity contribution in [3.63, 3.8) is 0 Å². The second kappa shape index (κ2) is 9.52. The Labute approximate surface area is 182 Å². The van der Waals surface area contributed by atoms with Gasteiger partial charge in [0.25, 0.3) is 5.91 Å². The summed E-state index contributed by atoms with van der Waals surface area (Å²) >= 11 is 0. The van der Waals surface area contributed by atoms with Crippen molar-refractivity contribution in [1.82, 2.24) is 4.90 Å².